The third-order valence-electron chi connectivity index (χ3n) is 8.66. The molecule has 0 radical (unpaired) electrons. The van der Waals surface area contributed by atoms with Gasteiger partial charge in [-0.25, -0.2) is 0 Å². The lowest BCUT2D eigenvalue weighted by molar-refractivity contribution is -0.665. The summed E-state index contributed by atoms with van der Waals surface area (Å²) in [6.07, 6.45) is 13.8. The third kappa shape index (κ3) is 4.00. The summed E-state index contributed by atoms with van der Waals surface area (Å²) in [4.78, 5) is 0. The van der Waals surface area contributed by atoms with Crippen molar-refractivity contribution in [3.63, 3.8) is 0 Å². The van der Waals surface area contributed by atoms with Gasteiger partial charge in [0.25, 0.3) is 0 Å². The first-order chi connectivity index (χ1) is 15.5. The maximum Gasteiger partial charge on any atom is 0.220 e. The van der Waals surface area contributed by atoms with Crippen LogP contribution in [0.5, 0.6) is 0 Å². The largest absolute Gasteiger partial charge is 0.220 e. The molecule has 0 aliphatic heterocycles. The quantitative estimate of drug-likeness (QED) is 0.370. The van der Waals surface area contributed by atoms with Crippen LogP contribution in [0, 0.1) is 20.8 Å². The van der Waals surface area contributed by atoms with E-state index in [0.717, 1.165) is 11.8 Å². The summed E-state index contributed by atoms with van der Waals surface area (Å²) in [6, 6.07) is 14.8. The number of hydrogen-bond acceptors (Lipinski definition) is 0. The van der Waals surface area contributed by atoms with Crippen LogP contribution in [-0.4, -0.2) is 0 Å². The van der Waals surface area contributed by atoms with E-state index in [4.69, 9.17) is 0 Å². The highest BCUT2D eigenvalue weighted by atomic mass is 14.9. The number of pyridine rings is 1. The number of aryl methyl sites for hydroxylation is 2. The summed E-state index contributed by atoms with van der Waals surface area (Å²) >= 11 is 0. The van der Waals surface area contributed by atoms with Gasteiger partial charge < -0.3 is 0 Å². The number of nitrogens with zero attached hydrogens (tertiary/aromatic N) is 1. The first-order valence-electron chi connectivity index (χ1n) is 13.1. The van der Waals surface area contributed by atoms with Crippen LogP contribution >= 0.6 is 0 Å². The lowest BCUT2D eigenvalue weighted by atomic mass is 9.81. The van der Waals surface area contributed by atoms with Crippen molar-refractivity contribution in [2.75, 3.05) is 0 Å². The van der Waals surface area contributed by atoms with Gasteiger partial charge in [-0.05, 0) is 91.1 Å². The van der Waals surface area contributed by atoms with Crippen molar-refractivity contribution in [1.82, 2.24) is 0 Å². The summed E-state index contributed by atoms with van der Waals surface area (Å²) < 4.78 is 2.43. The Morgan fingerprint density at radius 3 is 1.97 bits per heavy atom. The van der Waals surface area contributed by atoms with Crippen LogP contribution in [0.2, 0.25) is 0 Å². The van der Waals surface area contributed by atoms with Gasteiger partial charge in [0.2, 0.25) is 5.69 Å². The Balaban J connectivity index is 1.66. The molecule has 0 unspecified atom stereocenters. The molecule has 0 saturated heterocycles. The van der Waals surface area contributed by atoms with Crippen LogP contribution < -0.4 is 4.57 Å². The maximum absolute atomic E-state index is 2.54. The number of rotatable bonds is 3. The molecule has 2 aliphatic carbocycles. The van der Waals surface area contributed by atoms with E-state index in [1.54, 1.807) is 11.1 Å². The molecule has 0 bridgehead atoms. The van der Waals surface area contributed by atoms with Gasteiger partial charge in [-0.3, -0.25) is 0 Å². The average molecular weight is 427 g/mol. The highest BCUT2D eigenvalue weighted by Crippen LogP contribution is 2.39. The molecule has 0 N–H and O–H groups in total. The van der Waals surface area contributed by atoms with Gasteiger partial charge >= 0.3 is 0 Å². The molecule has 1 aromatic heterocycles. The van der Waals surface area contributed by atoms with Crippen molar-refractivity contribution >= 4 is 10.8 Å². The molecule has 3 aromatic rings. The van der Waals surface area contributed by atoms with E-state index < -0.39 is 0 Å². The smallest absolute Gasteiger partial charge is 0.198 e. The molecule has 0 atom stereocenters. The lowest BCUT2D eigenvalue weighted by Crippen LogP contribution is -2.35. The molecule has 2 saturated carbocycles. The molecule has 2 aromatic carbocycles. The summed E-state index contributed by atoms with van der Waals surface area (Å²) in [5.74, 6) is 1.49. The fraction of sp³-hybridized carbons (Fsp3) is 0.516. The fourth-order valence-electron chi connectivity index (χ4n) is 6.42. The van der Waals surface area contributed by atoms with Crippen molar-refractivity contribution < 1.29 is 4.57 Å². The van der Waals surface area contributed by atoms with Gasteiger partial charge in [-0.1, -0.05) is 56.7 Å². The second-order valence-electron chi connectivity index (χ2n) is 10.7. The minimum absolute atomic E-state index is 0.737. The van der Waals surface area contributed by atoms with Gasteiger partial charge in [-0.15, -0.1) is 0 Å². The third-order valence-corrected chi connectivity index (χ3v) is 8.66. The number of benzene rings is 2. The maximum atomic E-state index is 2.54. The predicted octanol–water partition coefficient (Wildman–Crippen LogP) is 8.35. The van der Waals surface area contributed by atoms with E-state index in [1.807, 2.05) is 0 Å². The highest BCUT2D eigenvalue weighted by Gasteiger charge is 2.24. The molecular formula is C31H40N+. The van der Waals surface area contributed by atoms with Crippen molar-refractivity contribution in [2.24, 2.45) is 7.05 Å². The molecule has 2 fully saturated rings. The minimum atomic E-state index is 0.737. The van der Waals surface area contributed by atoms with E-state index in [-0.39, 0.29) is 0 Å². The zero-order valence-electron chi connectivity index (χ0n) is 20.6. The minimum Gasteiger partial charge on any atom is -0.198 e. The monoisotopic (exact) mass is 426 g/mol. The van der Waals surface area contributed by atoms with E-state index in [1.165, 1.54) is 103 Å². The van der Waals surface area contributed by atoms with Gasteiger partial charge in [0.15, 0.2) is 5.69 Å². The molecule has 32 heavy (non-hydrogen) atoms. The van der Waals surface area contributed by atoms with Crippen LogP contribution in [-0.2, 0) is 7.05 Å². The summed E-state index contributed by atoms with van der Waals surface area (Å²) in [5, 5.41) is 2.82. The van der Waals surface area contributed by atoms with Crippen LogP contribution in [0.3, 0.4) is 0 Å². The van der Waals surface area contributed by atoms with E-state index in [0.29, 0.717) is 0 Å². The van der Waals surface area contributed by atoms with Crippen LogP contribution in [0.25, 0.3) is 22.0 Å². The first kappa shape index (κ1) is 21.7. The molecule has 1 heteroatoms. The summed E-state index contributed by atoms with van der Waals surface area (Å²) in [7, 11) is 2.25. The average Bonchev–Trinajstić information content (AvgIpc) is 2.83. The Bertz CT molecular complexity index is 1130. The van der Waals surface area contributed by atoms with Crippen molar-refractivity contribution in [3.05, 3.63) is 64.3 Å². The molecule has 1 heterocycles. The number of fused-ring (bicyclic) bond motifs is 1. The standard InChI is InChI=1S/C31H40N/c1-21-17-27(25-13-9-6-10-14-25)20-30(23(21)3)31-29-16-15-26(24-11-7-5-8-12-24)19-28(29)18-22(2)32(31)4/h15-20,24-25H,5-14H2,1-4H3/q+1. The Labute approximate surface area is 194 Å². The molecule has 2 aliphatic rings. The summed E-state index contributed by atoms with van der Waals surface area (Å²) in [5.41, 5.74) is 10.2. The van der Waals surface area contributed by atoms with Crippen LogP contribution in [0.1, 0.15) is 104 Å². The predicted molar refractivity (Wildman–Crippen MR) is 136 cm³/mol. The first-order valence-corrected chi connectivity index (χ1v) is 13.1. The van der Waals surface area contributed by atoms with Gasteiger partial charge in [-0.2, -0.15) is 4.57 Å². The van der Waals surface area contributed by atoms with Gasteiger partial charge in [0.05, 0.1) is 10.9 Å². The Hall–Kier alpha value is -2.15. The number of aromatic nitrogens is 1. The fourth-order valence-corrected chi connectivity index (χ4v) is 6.42. The molecule has 0 spiro atoms. The topological polar surface area (TPSA) is 3.88 Å². The van der Waals surface area contributed by atoms with Crippen molar-refractivity contribution in [1.29, 1.82) is 0 Å². The second kappa shape index (κ2) is 9.00. The van der Waals surface area contributed by atoms with Crippen LogP contribution in [0.4, 0.5) is 0 Å². The number of hydrogen-bond donors (Lipinski definition) is 0. The molecule has 0 amide bonds. The summed E-state index contributed by atoms with van der Waals surface area (Å²) in [6.45, 7) is 6.90. The Kier molecular flexibility index (Phi) is 6.10. The Morgan fingerprint density at radius 1 is 0.688 bits per heavy atom. The SMILES string of the molecule is Cc1cc(C2CCCCC2)cc(-c2c3ccc(C4CCCCC4)cc3cc(C)[n+]2C)c1C. The van der Waals surface area contributed by atoms with E-state index in [9.17, 15) is 0 Å². The van der Waals surface area contributed by atoms with Crippen molar-refractivity contribution in [2.45, 2.75) is 96.8 Å². The zero-order chi connectivity index (χ0) is 22.2. The van der Waals surface area contributed by atoms with Crippen molar-refractivity contribution in [3.8, 4) is 11.3 Å². The second-order valence-corrected chi connectivity index (χ2v) is 10.7. The zero-order valence-corrected chi connectivity index (χ0v) is 20.6. The molecular weight excluding hydrogens is 386 g/mol. The normalized spacial score (nSPS) is 18.4. The molecule has 1 nitrogen and oxygen atoms in total. The van der Waals surface area contributed by atoms with Gasteiger partial charge in [0.1, 0.15) is 7.05 Å². The highest BCUT2D eigenvalue weighted by molar-refractivity contribution is 5.94. The lowest BCUT2D eigenvalue weighted by Gasteiger charge is -2.24. The van der Waals surface area contributed by atoms with Gasteiger partial charge in [0, 0.05) is 13.0 Å². The molecule has 5 rings (SSSR count). The van der Waals surface area contributed by atoms with Crippen LogP contribution in [0.15, 0.2) is 36.4 Å². The Morgan fingerprint density at radius 2 is 1.31 bits per heavy atom. The van der Waals surface area contributed by atoms with E-state index >= 15 is 0 Å². The van der Waals surface area contributed by atoms with E-state index in [2.05, 4.69) is 68.8 Å². The molecule has 168 valence electrons.